The van der Waals surface area contributed by atoms with Crippen LogP contribution in [0.25, 0.3) is 0 Å². The average molecular weight is 304 g/mol. The third-order valence-corrected chi connectivity index (χ3v) is 3.15. The van der Waals surface area contributed by atoms with E-state index in [1.807, 2.05) is 0 Å². The highest BCUT2D eigenvalue weighted by Gasteiger charge is 2.07. The van der Waals surface area contributed by atoms with Crippen molar-refractivity contribution in [1.29, 1.82) is 0 Å². The van der Waals surface area contributed by atoms with E-state index in [2.05, 4.69) is 10.1 Å². The van der Waals surface area contributed by atoms with Gasteiger partial charge in [-0.05, 0) is 42.0 Å². The summed E-state index contributed by atoms with van der Waals surface area (Å²) in [6.45, 7) is 0. The van der Waals surface area contributed by atoms with Crippen LogP contribution in [-0.2, 0) is 16.0 Å². The summed E-state index contributed by atoms with van der Waals surface area (Å²) in [5.41, 5.74) is 2.01. The minimum absolute atomic E-state index is 0.210. The van der Waals surface area contributed by atoms with Crippen LogP contribution in [0.4, 0.5) is 5.69 Å². The standard InChI is InChI=1S/C16H14ClNO3/c1-21-15(19)10-11-2-8-14(9-3-11)18-16(20)12-4-6-13(17)7-5-12/h2-9H,10H2,1H3,(H,18,20). The molecule has 0 heterocycles. The maximum absolute atomic E-state index is 12.0. The highest BCUT2D eigenvalue weighted by atomic mass is 35.5. The number of amides is 1. The lowest BCUT2D eigenvalue weighted by molar-refractivity contribution is -0.139. The van der Waals surface area contributed by atoms with Gasteiger partial charge >= 0.3 is 5.97 Å². The van der Waals surface area contributed by atoms with Gasteiger partial charge in [-0.2, -0.15) is 0 Å². The predicted molar refractivity (Wildman–Crippen MR) is 81.6 cm³/mol. The third-order valence-electron chi connectivity index (χ3n) is 2.89. The zero-order valence-electron chi connectivity index (χ0n) is 11.4. The molecule has 0 aliphatic rings. The predicted octanol–water partition coefficient (Wildman–Crippen LogP) is 3.31. The second kappa shape index (κ2) is 6.90. The van der Waals surface area contributed by atoms with Crippen molar-refractivity contribution in [3.63, 3.8) is 0 Å². The van der Waals surface area contributed by atoms with Gasteiger partial charge in [0, 0.05) is 16.3 Å². The molecule has 0 saturated carbocycles. The van der Waals surface area contributed by atoms with Crippen LogP contribution in [0.2, 0.25) is 5.02 Å². The lowest BCUT2D eigenvalue weighted by atomic mass is 10.1. The first kappa shape index (κ1) is 15.1. The fraction of sp³-hybridized carbons (Fsp3) is 0.125. The summed E-state index contributed by atoms with van der Waals surface area (Å²) in [7, 11) is 1.35. The zero-order valence-corrected chi connectivity index (χ0v) is 12.2. The quantitative estimate of drug-likeness (QED) is 0.882. The van der Waals surface area contributed by atoms with E-state index in [4.69, 9.17) is 11.6 Å². The molecule has 2 aromatic rings. The molecule has 0 aromatic heterocycles. The van der Waals surface area contributed by atoms with E-state index in [1.165, 1.54) is 7.11 Å². The van der Waals surface area contributed by atoms with Gasteiger partial charge in [-0.15, -0.1) is 0 Å². The molecule has 21 heavy (non-hydrogen) atoms. The van der Waals surface area contributed by atoms with Crippen molar-refractivity contribution in [3.8, 4) is 0 Å². The molecular formula is C16H14ClNO3. The Morgan fingerprint density at radius 1 is 1.05 bits per heavy atom. The van der Waals surface area contributed by atoms with Gasteiger partial charge in [0.25, 0.3) is 5.91 Å². The minimum atomic E-state index is -0.298. The number of carbonyl (C=O) groups excluding carboxylic acids is 2. The summed E-state index contributed by atoms with van der Waals surface area (Å²) in [4.78, 5) is 23.2. The Bertz CT molecular complexity index is 636. The maximum Gasteiger partial charge on any atom is 0.309 e. The van der Waals surface area contributed by atoms with E-state index in [1.54, 1.807) is 48.5 Å². The average Bonchev–Trinajstić information content (AvgIpc) is 2.49. The second-order valence-corrected chi connectivity index (χ2v) is 4.85. The van der Waals surface area contributed by atoms with Gasteiger partial charge in [0.2, 0.25) is 0 Å². The molecule has 0 spiro atoms. The lowest BCUT2D eigenvalue weighted by Gasteiger charge is -2.06. The van der Waals surface area contributed by atoms with Crippen molar-refractivity contribution in [3.05, 3.63) is 64.7 Å². The van der Waals surface area contributed by atoms with E-state index in [0.717, 1.165) is 5.56 Å². The lowest BCUT2D eigenvalue weighted by Crippen LogP contribution is -2.11. The number of methoxy groups -OCH3 is 1. The second-order valence-electron chi connectivity index (χ2n) is 4.41. The summed E-state index contributed by atoms with van der Waals surface area (Å²) in [6.07, 6.45) is 0.210. The Labute approximate surface area is 127 Å². The molecule has 108 valence electrons. The van der Waals surface area contributed by atoms with Crippen LogP contribution in [0.15, 0.2) is 48.5 Å². The minimum Gasteiger partial charge on any atom is -0.469 e. The summed E-state index contributed by atoms with van der Waals surface area (Å²) in [5.74, 6) is -0.514. The maximum atomic E-state index is 12.0. The van der Waals surface area contributed by atoms with Crippen LogP contribution in [0, 0.1) is 0 Å². The van der Waals surface area contributed by atoms with Gasteiger partial charge in [0.15, 0.2) is 0 Å². The van der Waals surface area contributed by atoms with Gasteiger partial charge in [-0.1, -0.05) is 23.7 Å². The smallest absolute Gasteiger partial charge is 0.309 e. The molecule has 0 bridgehead atoms. The number of nitrogens with one attached hydrogen (secondary N) is 1. The molecule has 0 radical (unpaired) electrons. The largest absolute Gasteiger partial charge is 0.469 e. The highest BCUT2D eigenvalue weighted by Crippen LogP contribution is 2.14. The number of carbonyl (C=O) groups is 2. The Balaban J connectivity index is 2.01. The van der Waals surface area contributed by atoms with Crippen LogP contribution in [-0.4, -0.2) is 19.0 Å². The van der Waals surface area contributed by atoms with E-state index in [-0.39, 0.29) is 18.3 Å². The molecule has 0 aliphatic carbocycles. The van der Waals surface area contributed by atoms with Crippen molar-refractivity contribution in [1.82, 2.24) is 0 Å². The summed E-state index contributed by atoms with van der Waals surface area (Å²) >= 11 is 5.78. The number of benzene rings is 2. The molecule has 2 rings (SSSR count). The van der Waals surface area contributed by atoms with Crippen LogP contribution in [0.5, 0.6) is 0 Å². The molecule has 0 unspecified atom stereocenters. The zero-order chi connectivity index (χ0) is 15.2. The van der Waals surface area contributed by atoms with Gasteiger partial charge in [0.05, 0.1) is 13.5 Å². The van der Waals surface area contributed by atoms with Gasteiger partial charge in [-0.25, -0.2) is 0 Å². The number of halogens is 1. The highest BCUT2D eigenvalue weighted by molar-refractivity contribution is 6.30. The summed E-state index contributed by atoms with van der Waals surface area (Å²) in [5, 5.41) is 3.36. The van der Waals surface area contributed by atoms with E-state index < -0.39 is 0 Å². The van der Waals surface area contributed by atoms with Crippen molar-refractivity contribution < 1.29 is 14.3 Å². The number of hydrogen-bond donors (Lipinski definition) is 1. The molecule has 5 heteroatoms. The molecule has 2 aromatic carbocycles. The normalized spacial score (nSPS) is 10.0. The Hall–Kier alpha value is -2.33. The first-order chi connectivity index (χ1) is 10.1. The third kappa shape index (κ3) is 4.33. The summed E-state index contributed by atoms with van der Waals surface area (Å²) < 4.78 is 4.60. The first-order valence-electron chi connectivity index (χ1n) is 6.31. The summed E-state index contributed by atoms with van der Waals surface area (Å²) in [6, 6.07) is 13.7. The molecule has 0 saturated heterocycles. The van der Waals surface area contributed by atoms with Crippen LogP contribution in [0.1, 0.15) is 15.9 Å². The first-order valence-corrected chi connectivity index (χ1v) is 6.69. The fourth-order valence-corrected chi connectivity index (χ4v) is 1.88. The topological polar surface area (TPSA) is 55.4 Å². The molecular weight excluding hydrogens is 290 g/mol. The van der Waals surface area contributed by atoms with Crippen LogP contribution < -0.4 is 5.32 Å². The molecule has 1 N–H and O–H groups in total. The molecule has 0 atom stereocenters. The SMILES string of the molecule is COC(=O)Cc1ccc(NC(=O)c2ccc(Cl)cc2)cc1. The monoisotopic (exact) mass is 303 g/mol. The Morgan fingerprint density at radius 2 is 1.67 bits per heavy atom. The Kier molecular flexibility index (Phi) is 4.95. The number of esters is 1. The van der Waals surface area contributed by atoms with Crippen molar-refractivity contribution in [2.75, 3.05) is 12.4 Å². The molecule has 0 aliphatic heterocycles. The van der Waals surface area contributed by atoms with Crippen LogP contribution >= 0.6 is 11.6 Å². The van der Waals surface area contributed by atoms with Crippen molar-refractivity contribution >= 4 is 29.2 Å². The van der Waals surface area contributed by atoms with E-state index >= 15 is 0 Å². The van der Waals surface area contributed by atoms with Crippen molar-refractivity contribution in [2.24, 2.45) is 0 Å². The van der Waals surface area contributed by atoms with Crippen molar-refractivity contribution in [2.45, 2.75) is 6.42 Å². The number of ether oxygens (including phenoxy) is 1. The van der Waals surface area contributed by atoms with Gasteiger partial charge in [0.1, 0.15) is 0 Å². The fourth-order valence-electron chi connectivity index (χ4n) is 1.75. The number of anilines is 1. The van der Waals surface area contributed by atoms with E-state index in [9.17, 15) is 9.59 Å². The van der Waals surface area contributed by atoms with Crippen LogP contribution in [0.3, 0.4) is 0 Å². The van der Waals surface area contributed by atoms with Gasteiger partial charge in [-0.3, -0.25) is 9.59 Å². The molecule has 0 fully saturated rings. The van der Waals surface area contributed by atoms with E-state index in [0.29, 0.717) is 16.3 Å². The number of hydrogen-bond acceptors (Lipinski definition) is 3. The number of rotatable bonds is 4. The van der Waals surface area contributed by atoms with Gasteiger partial charge < -0.3 is 10.1 Å². The molecule has 1 amide bonds. The Morgan fingerprint density at radius 3 is 2.24 bits per heavy atom. The molecule has 4 nitrogen and oxygen atoms in total.